The quantitative estimate of drug-likeness (QED) is 0.403. The van der Waals surface area contributed by atoms with Crippen molar-refractivity contribution in [2.75, 3.05) is 45.7 Å². The number of methoxy groups -OCH3 is 1. The number of anilines is 1. The maximum Gasteiger partial charge on any atom is 0.337 e. The van der Waals surface area contributed by atoms with E-state index in [9.17, 15) is 14.4 Å². The summed E-state index contributed by atoms with van der Waals surface area (Å²) in [6.45, 7) is 4.08. The third kappa shape index (κ3) is 5.82. The van der Waals surface area contributed by atoms with Gasteiger partial charge >= 0.3 is 5.97 Å². The van der Waals surface area contributed by atoms with Crippen LogP contribution in [0.2, 0.25) is 0 Å². The zero-order chi connectivity index (χ0) is 22.9. The van der Waals surface area contributed by atoms with Gasteiger partial charge in [-0.2, -0.15) is 0 Å². The van der Waals surface area contributed by atoms with Crippen molar-refractivity contribution in [2.24, 2.45) is 0 Å². The van der Waals surface area contributed by atoms with Crippen LogP contribution in [0.25, 0.3) is 0 Å². The van der Waals surface area contributed by atoms with E-state index in [1.807, 2.05) is 7.05 Å². The van der Waals surface area contributed by atoms with Crippen LogP contribution in [0.3, 0.4) is 0 Å². The van der Waals surface area contributed by atoms with Crippen molar-refractivity contribution in [1.82, 2.24) is 4.90 Å². The lowest BCUT2D eigenvalue weighted by Crippen LogP contribution is -2.31. The van der Waals surface area contributed by atoms with Crippen LogP contribution in [0.5, 0.6) is 0 Å². The Morgan fingerprint density at radius 2 is 1.84 bits per heavy atom. The van der Waals surface area contributed by atoms with Gasteiger partial charge in [0, 0.05) is 17.5 Å². The number of thiophene rings is 1. The fourth-order valence-electron chi connectivity index (χ4n) is 3.92. The number of piperidine rings is 1. The third-order valence-electron chi connectivity index (χ3n) is 5.62. The zero-order valence-corrected chi connectivity index (χ0v) is 19.5. The average Bonchev–Trinajstić information content (AvgIpc) is 3.23. The molecule has 0 radical (unpaired) electrons. The average molecular weight is 459 g/mol. The molecule has 7 nitrogen and oxygen atoms in total. The van der Waals surface area contributed by atoms with Crippen molar-refractivity contribution >= 4 is 34.4 Å². The second-order valence-corrected chi connectivity index (χ2v) is 8.79. The number of hydrogen-bond acceptors (Lipinski definition) is 8. The van der Waals surface area contributed by atoms with E-state index in [2.05, 4.69) is 15.0 Å². The Labute approximate surface area is 192 Å². The molecular weight excluding hydrogens is 428 g/mol. The molecule has 1 aromatic carbocycles. The van der Waals surface area contributed by atoms with E-state index < -0.39 is 5.97 Å². The highest BCUT2D eigenvalue weighted by atomic mass is 32.1. The highest BCUT2D eigenvalue weighted by Crippen LogP contribution is 2.37. The molecule has 172 valence electrons. The second kappa shape index (κ2) is 11.9. The summed E-state index contributed by atoms with van der Waals surface area (Å²) in [5.74, 6) is -0.449. The number of likely N-dealkylation sites (tertiary alicyclic amines) is 1. The second-order valence-electron chi connectivity index (χ2n) is 7.69. The van der Waals surface area contributed by atoms with Crippen molar-refractivity contribution in [3.8, 4) is 0 Å². The molecule has 0 saturated carbocycles. The number of carbonyl (C=O) groups is 3. The predicted octanol–water partition coefficient (Wildman–Crippen LogP) is 3.55. The largest absolute Gasteiger partial charge is 0.465 e. The van der Waals surface area contributed by atoms with Crippen molar-refractivity contribution in [2.45, 2.75) is 32.3 Å². The van der Waals surface area contributed by atoms with Gasteiger partial charge in [-0.1, -0.05) is 18.6 Å². The predicted molar refractivity (Wildman–Crippen MR) is 125 cm³/mol. The molecule has 3 heterocycles. The van der Waals surface area contributed by atoms with Gasteiger partial charge in [0.2, 0.25) is 0 Å². The van der Waals surface area contributed by atoms with Gasteiger partial charge < -0.3 is 19.6 Å². The molecule has 0 bridgehead atoms. The fourth-order valence-corrected chi connectivity index (χ4v) is 5.05. The minimum Gasteiger partial charge on any atom is -0.465 e. The number of fused-ring (bicyclic) bond motifs is 1. The van der Waals surface area contributed by atoms with E-state index in [0.717, 1.165) is 46.8 Å². The van der Waals surface area contributed by atoms with E-state index in [-0.39, 0.29) is 5.78 Å². The Balaban J connectivity index is 0.000000269. The first-order valence-electron chi connectivity index (χ1n) is 10.9. The van der Waals surface area contributed by atoms with Gasteiger partial charge in [0.25, 0.3) is 0 Å². The first-order valence-corrected chi connectivity index (χ1v) is 11.7. The SMILES string of the molecule is CNc1sc2c(c1C(=O)c1ccc(C(=O)OC)cc1)CCOC2.O=CCN1CCCCC1. The molecule has 0 spiro atoms. The van der Waals surface area contributed by atoms with Crippen LogP contribution in [0.4, 0.5) is 5.00 Å². The summed E-state index contributed by atoms with van der Waals surface area (Å²) in [6, 6.07) is 6.55. The fraction of sp³-hybridized carbons (Fsp3) is 0.458. The zero-order valence-electron chi connectivity index (χ0n) is 18.6. The van der Waals surface area contributed by atoms with Crippen molar-refractivity contribution in [3.05, 3.63) is 51.4 Å². The van der Waals surface area contributed by atoms with E-state index in [1.165, 1.54) is 26.4 Å². The monoisotopic (exact) mass is 458 g/mol. The molecule has 1 fully saturated rings. The number of nitrogens with one attached hydrogen (secondary N) is 1. The summed E-state index contributed by atoms with van der Waals surface area (Å²) >= 11 is 1.57. The molecule has 1 saturated heterocycles. The van der Waals surface area contributed by atoms with Crippen LogP contribution in [0, 0.1) is 0 Å². The number of ketones is 1. The van der Waals surface area contributed by atoms with Crippen LogP contribution in [-0.2, 0) is 27.3 Å². The van der Waals surface area contributed by atoms with Gasteiger partial charge in [0.15, 0.2) is 5.78 Å². The van der Waals surface area contributed by atoms with Crippen molar-refractivity contribution in [1.29, 1.82) is 0 Å². The number of carbonyl (C=O) groups excluding carboxylic acids is 3. The summed E-state index contributed by atoms with van der Waals surface area (Å²) in [5.41, 5.74) is 2.79. The molecule has 0 unspecified atom stereocenters. The Bertz CT molecular complexity index is 933. The topological polar surface area (TPSA) is 84.9 Å². The lowest BCUT2D eigenvalue weighted by atomic mass is 9.97. The minimum atomic E-state index is -0.412. The Kier molecular flexibility index (Phi) is 8.96. The number of ether oxygens (including phenoxy) is 2. The number of hydrogen-bond donors (Lipinski definition) is 1. The van der Waals surface area contributed by atoms with Gasteiger partial charge in [-0.05, 0) is 50.0 Å². The minimum absolute atomic E-state index is 0.0369. The summed E-state index contributed by atoms with van der Waals surface area (Å²) in [6.07, 6.45) is 5.62. The van der Waals surface area contributed by atoms with Crippen LogP contribution in [-0.4, -0.2) is 63.3 Å². The van der Waals surface area contributed by atoms with Crippen LogP contribution >= 0.6 is 11.3 Å². The summed E-state index contributed by atoms with van der Waals surface area (Å²) in [5, 5.41) is 3.97. The van der Waals surface area contributed by atoms with Gasteiger partial charge in [-0.25, -0.2) is 4.79 Å². The number of rotatable bonds is 6. The molecule has 1 aromatic heterocycles. The molecule has 2 aliphatic heterocycles. The molecule has 4 rings (SSSR count). The molecule has 0 atom stereocenters. The number of nitrogens with zero attached hydrogens (tertiary/aromatic N) is 1. The Morgan fingerprint density at radius 3 is 2.47 bits per heavy atom. The Morgan fingerprint density at radius 1 is 1.16 bits per heavy atom. The van der Waals surface area contributed by atoms with E-state index in [0.29, 0.717) is 30.9 Å². The van der Waals surface area contributed by atoms with Gasteiger partial charge in [-0.15, -0.1) is 11.3 Å². The van der Waals surface area contributed by atoms with Gasteiger partial charge in [-0.3, -0.25) is 9.69 Å². The maximum atomic E-state index is 12.9. The smallest absolute Gasteiger partial charge is 0.337 e. The highest BCUT2D eigenvalue weighted by molar-refractivity contribution is 7.16. The van der Waals surface area contributed by atoms with Crippen molar-refractivity contribution in [3.63, 3.8) is 0 Å². The first-order chi connectivity index (χ1) is 15.6. The summed E-state index contributed by atoms with van der Waals surface area (Å²) in [4.78, 5) is 37.7. The molecule has 1 N–H and O–H groups in total. The Hall–Kier alpha value is -2.55. The van der Waals surface area contributed by atoms with Gasteiger partial charge in [0.05, 0.1) is 43.0 Å². The summed E-state index contributed by atoms with van der Waals surface area (Å²) < 4.78 is 10.1. The lowest BCUT2D eigenvalue weighted by molar-refractivity contribution is -0.109. The molecule has 32 heavy (non-hydrogen) atoms. The van der Waals surface area contributed by atoms with E-state index >= 15 is 0 Å². The molecule has 8 heteroatoms. The van der Waals surface area contributed by atoms with Crippen LogP contribution in [0.1, 0.15) is 56.0 Å². The lowest BCUT2D eigenvalue weighted by Gasteiger charge is -2.23. The standard InChI is InChI=1S/C17H17NO4S.C7H13NO/c1-18-16-14(12-7-8-22-9-13(12)23-16)15(19)10-3-5-11(6-4-10)17(20)21-2;9-7-6-8-4-2-1-3-5-8/h3-6,18H,7-9H2,1-2H3;7H,1-6H2. The molecular formula is C24H30N2O5S. The van der Waals surface area contributed by atoms with E-state index in [4.69, 9.17) is 4.74 Å². The number of benzene rings is 1. The van der Waals surface area contributed by atoms with Crippen LogP contribution in [0.15, 0.2) is 24.3 Å². The molecule has 0 amide bonds. The third-order valence-corrected chi connectivity index (χ3v) is 6.85. The highest BCUT2D eigenvalue weighted by Gasteiger charge is 2.26. The number of esters is 1. The normalized spacial score (nSPS) is 15.7. The van der Waals surface area contributed by atoms with Crippen molar-refractivity contribution < 1.29 is 23.9 Å². The summed E-state index contributed by atoms with van der Waals surface area (Å²) in [7, 11) is 3.15. The maximum absolute atomic E-state index is 12.9. The molecule has 2 aliphatic rings. The van der Waals surface area contributed by atoms with Crippen LogP contribution < -0.4 is 5.32 Å². The van der Waals surface area contributed by atoms with E-state index in [1.54, 1.807) is 35.6 Å². The number of aldehydes is 1. The molecule has 2 aromatic rings. The van der Waals surface area contributed by atoms with Gasteiger partial charge in [0.1, 0.15) is 6.29 Å². The molecule has 0 aliphatic carbocycles. The first kappa shape index (κ1) is 24.1.